The van der Waals surface area contributed by atoms with Gasteiger partial charge in [0.2, 0.25) is 0 Å². The van der Waals surface area contributed by atoms with Crippen molar-refractivity contribution in [3.05, 3.63) is 48.0 Å². The normalized spacial score (nSPS) is 16.8. The van der Waals surface area contributed by atoms with Gasteiger partial charge in [0.15, 0.2) is 5.96 Å². The van der Waals surface area contributed by atoms with Crippen LogP contribution in [0.2, 0.25) is 0 Å². The minimum Gasteiger partial charge on any atom is -0.357 e. The molecular formula is C19H27FIN5S. The van der Waals surface area contributed by atoms with Crippen LogP contribution in [-0.4, -0.2) is 46.4 Å². The van der Waals surface area contributed by atoms with Crippen LogP contribution in [0, 0.1) is 5.82 Å². The lowest BCUT2D eigenvalue weighted by Crippen LogP contribution is -2.38. The highest BCUT2D eigenvalue weighted by atomic mass is 127. The van der Waals surface area contributed by atoms with Gasteiger partial charge in [-0.3, -0.25) is 4.99 Å². The van der Waals surface area contributed by atoms with E-state index in [0.717, 1.165) is 43.4 Å². The zero-order valence-electron chi connectivity index (χ0n) is 15.5. The number of halogens is 2. The monoisotopic (exact) mass is 503 g/mol. The first kappa shape index (κ1) is 22.0. The number of benzene rings is 1. The number of aromatic nitrogens is 2. The van der Waals surface area contributed by atoms with Gasteiger partial charge in [-0.1, -0.05) is 0 Å². The fourth-order valence-corrected chi connectivity index (χ4v) is 4.04. The Bertz CT molecular complexity index is 713. The SMILES string of the molecule is CCNC(=NCC1CCCS1)NCCc1ccn(-c2ccc(F)cc2)n1.I. The molecule has 0 spiro atoms. The standard InChI is InChI=1S/C19H26FN5S.HI/c1-2-21-19(23-14-18-4-3-13-26-18)22-11-9-16-10-12-25(24-16)17-7-5-15(20)6-8-17;/h5-8,10,12,18H,2-4,9,11,13-14H2,1H3,(H2,21,22,23);1H. The highest BCUT2D eigenvalue weighted by Gasteiger charge is 2.14. The quantitative estimate of drug-likeness (QED) is 0.345. The minimum atomic E-state index is -0.239. The third-order valence-corrected chi connectivity index (χ3v) is 5.61. The van der Waals surface area contributed by atoms with Crippen LogP contribution < -0.4 is 10.6 Å². The molecule has 0 bridgehead atoms. The predicted molar refractivity (Wildman–Crippen MR) is 122 cm³/mol. The summed E-state index contributed by atoms with van der Waals surface area (Å²) in [7, 11) is 0. The Morgan fingerprint density at radius 1 is 1.30 bits per heavy atom. The second-order valence-corrected chi connectivity index (χ2v) is 7.67. The van der Waals surface area contributed by atoms with Crippen LogP contribution in [0.1, 0.15) is 25.5 Å². The summed E-state index contributed by atoms with van der Waals surface area (Å²) in [5.74, 6) is 1.90. The lowest BCUT2D eigenvalue weighted by atomic mass is 10.2. The Hall–Kier alpha value is -1.29. The third kappa shape index (κ3) is 6.99. The summed E-state index contributed by atoms with van der Waals surface area (Å²) in [4.78, 5) is 4.70. The highest BCUT2D eigenvalue weighted by Crippen LogP contribution is 2.25. The van der Waals surface area contributed by atoms with Crippen molar-refractivity contribution in [2.45, 2.75) is 31.4 Å². The number of rotatable bonds is 7. The summed E-state index contributed by atoms with van der Waals surface area (Å²) < 4.78 is 14.8. The Kier molecular flexibility index (Phi) is 9.40. The van der Waals surface area contributed by atoms with E-state index < -0.39 is 0 Å². The summed E-state index contributed by atoms with van der Waals surface area (Å²) in [5.41, 5.74) is 1.85. The fraction of sp³-hybridized carbons (Fsp3) is 0.474. The van der Waals surface area contributed by atoms with Gasteiger partial charge in [-0.25, -0.2) is 9.07 Å². The smallest absolute Gasteiger partial charge is 0.191 e. The molecule has 1 fully saturated rings. The summed E-state index contributed by atoms with van der Waals surface area (Å²) >= 11 is 2.03. The summed E-state index contributed by atoms with van der Waals surface area (Å²) in [6.07, 6.45) is 5.29. The average Bonchev–Trinajstić information content (AvgIpc) is 3.32. The molecule has 0 aliphatic carbocycles. The molecule has 2 heterocycles. The highest BCUT2D eigenvalue weighted by molar-refractivity contribution is 14.0. The molecule has 1 unspecified atom stereocenters. The van der Waals surface area contributed by atoms with E-state index in [0.29, 0.717) is 5.25 Å². The van der Waals surface area contributed by atoms with Gasteiger partial charge in [0.05, 0.1) is 17.9 Å². The zero-order valence-corrected chi connectivity index (χ0v) is 18.7. The van der Waals surface area contributed by atoms with Crippen LogP contribution in [0.3, 0.4) is 0 Å². The van der Waals surface area contributed by atoms with E-state index in [9.17, 15) is 4.39 Å². The van der Waals surface area contributed by atoms with Gasteiger partial charge in [0.25, 0.3) is 0 Å². The molecule has 0 radical (unpaired) electrons. The van der Waals surface area contributed by atoms with Crippen molar-refractivity contribution in [1.82, 2.24) is 20.4 Å². The lowest BCUT2D eigenvalue weighted by Gasteiger charge is -2.12. The van der Waals surface area contributed by atoms with Crippen LogP contribution in [0.25, 0.3) is 5.69 Å². The number of aliphatic imine (C=N–C) groups is 1. The molecular weight excluding hydrogens is 476 g/mol. The molecule has 8 heteroatoms. The Morgan fingerprint density at radius 3 is 2.81 bits per heavy atom. The van der Waals surface area contributed by atoms with Gasteiger partial charge >= 0.3 is 0 Å². The van der Waals surface area contributed by atoms with Gasteiger partial charge in [-0.15, -0.1) is 24.0 Å². The van der Waals surface area contributed by atoms with Crippen LogP contribution in [0.4, 0.5) is 4.39 Å². The van der Waals surface area contributed by atoms with Gasteiger partial charge in [0, 0.05) is 31.0 Å². The van der Waals surface area contributed by atoms with Crippen molar-refractivity contribution < 1.29 is 4.39 Å². The first-order valence-electron chi connectivity index (χ1n) is 9.19. The number of thioether (sulfide) groups is 1. The largest absolute Gasteiger partial charge is 0.357 e. The molecule has 5 nitrogen and oxygen atoms in total. The van der Waals surface area contributed by atoms with Crippen LogP contribution in [0.5, 0.6) is 0 Å². The molecule has 148 valence electrons. The maximum atomic E-state index is 13.0. The van der Waals surface area contributed by atoms with Crippen LogP contribution in [-0.2, 0) is 6.42 Å². The summed E-state index contributed by atoms with van der Waals surface area (Å²) in [6.45, 7) is 4.57. The molecule has 1 aliphatic heterocycles. The van der Waals surface area contributed by atoms with Gasteiger partial charge in [-0.2, -0.15) is 16.9 Å². The van der Waals surface area contributed by atoms with Crippen molar-refractivity contribution >= 4 is 41.7 Å². The van der Waals surface area contributed by atoms with Crippen LogP contribution >= 0.6 is 35.7 Å². The Balaban J connectivity index is 0.00000261. The summed E-state index contributed by atoms with van der Waals surface area (Å²) in [5, 5.41) is 11.9. The number of nitrogens with zero attached hydrogens (tertiary/aromatic N) is 3. The van der Waals surface area contributed by atoms with Crippen molar-refractivity contribution in [2.75, 3.05) is 25.4 Å². The van der Waals surface area contributed by atoms with Crippen molar-refractivity contribution in [2.24, 2.45) is 4.99 Å². The van der Waals surface area contributed by atoms with Gasteiger partial charge < -0.3 is 10.6 Å². The molecule has 1 aromatic carbocycles. The first-order chi connectivity index (χ1) is 12.7. The number of nitrogens with one attached hydrogen (secondary N) is 2. The minimum absolute atomic E-state index is 0. The van der Waals surface area contributed by atoms with E-state index in [4.69, 9.17) is 4.99 Å². The van der Waals surface area contributed by atoms with Crippen molar-refractivity contribution in [1.29, 1.82) is 0 Å². The number of hydrogen-bond acceptors (Lipinski definition) is 3. The fourth-order valence-electron chi connectivity index (χ4n) is 2.86. The first-order valence-corrected chi connectivity index (χ1v) is 10.2. The summed E-state index contributed by atoms with van der Waals surface area (Å²) in [6, 6.07) is 8.33. The topological polar surface area (TPSA) is 54.2 Å². The van der Waals surface area contributed by atoms with Crippen molar-refractivity contribution in [3.8, 4) is 5.69 Å². The van der Waals surface area contributed by atoms with E-state index in [1.807, 2.05) is 24.0 Å². The molecule has 0 saturated carbocycles. The molecule has 1 aromatic heterocycles. The van der Waals surface area contributed by atoms with E-state index >= 15 is 0 Å². The van der Waals surface area contributed by atoms with E-state index in [-0.39, 0.29) is 29.8 Å². The van der Waals surface area contributed by atoms with Gasteiger partial charge in [0.1, 0.15) is 5.82 Å². The van der Waals surface area contributed by atoms with E-state index in [1.165, 1.54) is 30.7 Å². The second kappa shape index (κ2) is 11.5. The third-order valence-electron chi connectivity index (χ3n) is 4.23. The molecule has 2 N–H and O–H groups in total. The number of hydrogen-bond donors (Lipinski definition) is 2. The zero-order chi connectivity index (χ0) is 18.2. The predicted octanol–water partition coefficient (Wildman–Crippen LogP) is 3.62. The van der Waals surface area contributed by atoms with Crippen LogP contribution in [0.15, 0.2) is 41.5 Å². The maximum absolute atomic E-state index is 13.0. The Morgan fingerprint density at radius 2 is 2.11 bits per heavy atom. The molecule has 27 heavy (non-hydrogen) atoms. The lowest BCUT2D eigenvalue weighted by molar-refractivity contribution is 0.627. The molecule has 1 aliphatic rings. The molecule has 3 rings (SSSR count). The molecule has 2 aromatic rings. The van der Waals surface area contributed by atoms with Gasteiger partial charge in [-0.05, 0) is 55.9 Å². The molecule has 1 atom stereocenters. The molecule has 1 saturated heterocycles. The maximum Gasteiger partial charge on any atom is 0.191 e. The Labute approximate surface area is 181 Å². The van der Waals surface area contributed by atoms with E-state index in [2.05, 4.69) is 22.7 Å². The average molecular weight is 503 g/mol. The second-order valence-electron chi connectivity index (χ2n) is 6.26. The van der Waals surface area contributed by atoms with Crippen molar-refractivity contribution in [3.63, 3.8) is 0 Å². The number of guanidine groups is 1. The van der Waals surface area contributed by atoms with E-state index in [1.54, 1.807) is 16.8 Å². The molecule has 0 amide bonds.